The van der Waals surface area contributed by atoms with Crippen molar-refractivity contribution in [1.82, 2.24) is 0 Å². The van der Waals surface area contributed by atoms with Gasteiger partial charge in [0.15, 0.2) is 0 Å². The number of aliphatic hydroxyl groups excluding tert-OH is 1. The molecule has 2 N–H and O–H groups in total. The largest absolute Gasteiger partial charge is 0.481 e. The number of rotatable bonds is 4. The molecule has 0 unspecified atom stereocenters. The average Bonchev–Trinajstić information content (AvgIpc) is 1.87. The van der Waals surface area contributed by atoms with E-state index in [9.17, 15) is 9.59 Å². The Morgan fingerprint density at radius 3 is 2.50 bits per heavy atom. The molecule has 0 bridgehead atoms. The van der Waals surface area contributed by atoms with Crippen LogP contribution in [0.2, 0.25) is 0 Å². The number of aliphatic hydroxyl groups is 1. The normalized spacial score (nSPS) is 15.4. The van der Waals surface area contributed by atoms with E-state index in [2.05, 4.69) is 4.74 Å². The molecule has 0 heterocycles. The molecule has 0 aliphatic carbocycles. The van der Waals surface area contributed by atoms with Gasteiger partial charge < -0.3 is 14.9 Å². The fraction of sp³-hybridized carbons (Fsp3) is 0.600. The molecule has 58 valence electrons. The molecule has 0 spiro atoms. The molecule has 0 aliphatic heterocycles. The lowest BCUT2D eigenvalue weighted by Crippen LogP contribution is -2.27. The van der Waals surface area contributed by atoms with Gasteiger partial charge in [0.25, 0.3) is 6.47 Å². The number of carbonyl (C=O) groups is 2. The number of ether oxygens (including phenoxy) is 1. The molecule has 0 saturated carbocycles. The molecular weight excluding hydrogens is 140 g/mol. The molecular formula is C5H8O5. The number of carboxylic acid groups (broad SMARTS) is 1. The lowest BCUT2D eigenvalue weighted by atomic mass is 10.2. The average molecular weight is 148 g/mol. The van der Waals surface area contributed by atoms with Gasteiger partial charge in [-0.05, 0) is 6.92 Å². The maximum atomic E-state index is 10.1. The van der Waals surface area contributed by atoms with Gasteiger partial charge in [0, 0.05) is 0 Å². The van der Waals surface area contributed by atoms with Crippen molar-refractivity contribution in [2.45, 2.75) is 13.2 Å². The van der Waals surface area contributed by atoms with Crippen LogP contribution >= 0.6 is 0 Å². The molecule has 0 radical (unpaired) electrons. The maximum Gasteiger partial charge on any atom is 0.312 e. The molecule has 0 amide bonds. The summed E-state index contributed by atoms with van der Waals surface area (Å²) in [5, 5.41) is 16.9. The van der Waals surface area contributed by atoms with Gasteiger partial charge in [-0.2, -0.15) is 0 Å². The Kier molecular flexibility index (Phi) is 3.42. The first-order chi connectivity index (χ1) is 4.59. The van der Waals surface area contributed by atoms with E-state index in [0.29, 0.717) is 0 Å². The highest BCUT2D eigenvalue weighted by atomic mass is 16.6. The van der Waals surface area contributed by atoms with Crippen molar-refractivity contribution >= 4 is 12.4 Å². The van der Waals surface area contributed by atoms with E-state index in [1.165, 1.54) is 6.92 Å². The standard InChI is InChI=1S/C5H8O5/c1-3(4(7)8)5(9)10-2-6/h2-3,5,9H,1H3,(H,7,8)/t3-,5-/m0/s1. The van der Waals surface area contributed by atoms with Gasteiger partial charge >= 0.3 is 5.97 Å². The predicted molar refractivity (Wildman–Crippen MR) is 30.0 cm³/mol. The summed E-state index contributed by atoms with van der Waals surface area (Å²) in [4.78, 5) is 19.6. The fourth-order valence-corrected chi connectivity index (χ4v) is 0.297. The molecule has 5 heteroatoms. The van der Waals surface area contributed by atoms with Gasteiger partial charge in [-0.1, -0.05) is 0 Å². The first-order valence-electron chi connectivity index (χ1n) is 2.59. The van der Waals surface area contributed by atoms with Crippen molar-refractivity contribution in [3.05, 3.63) is 0 Å². The zero-order valence-electron chi connectivity index (χ0n) is 5.35. The lowest BCUT2D eigenvalue weighted by Gasteiger charge is -2.11. The van der Waals surface area contributed by atoms with E-state index in [1.807, 2.05) is 0 Å². The third-order valence-electron chi connectivity index (χ3n) is 1.01. The van der Waals surface area contributed by atoms with Crippen LogP contribution in [0, 0.1) is 5.92 Å². The SMILES string of the molecule is C[C@@H](C(=O)O)[C@@H](O)OC=O. The minimum Gasteiger partial charge on any atom is -0.481 e. The topological polar surface area (TPSA) is 83.8 Å². The smallest absolute Gasteiger partial charge is 0.312 e. The van der Waals surface area contributed by atoms with E-state index < -0.39 is 18.2 Å². The van der Waals surface area contributed by atoms with Crippen LogP contribution < -0.4 is 0 Å². The quantitative estimate of drug-likeness (QED) is 0.402. The molecule has 0 aromatic heterocycles. The summed E-state index contributed by atoms with van der Waals surface area (Å²) in [5.74, 6) is -2.31. The van der Waals surface area contributed by atoms with E-state index in [0.717, 1.165) is 0 Å². The number of aliphatic carboxylic acids is 1. The highest BCUT2D eigenvalue weighted by molar-refractivity contribution is 5.70. The van der Waals surface area contributed by atoms with E-state index in [4.69, 9.17) is 10.2 Å². The second-order valence-electron chi connectivity index (χ2n) is 1.75. The van der Waals surface area contributed by atoms with E-state index in [1.54, 1.807) is 0 Å². The summed E-state index contributed by atoms with van der Waals surface area (Å²) in [7, 11) is 0. The Bertz CT molecular complexity index is 132. The fourth-order valence-electron chi connectivity index (χ4n) is 0.297. The molecule has 0 aliphatic rings. The zero-order chi connectivity index (χ0) is 8.15. The maximum absolute atomic E-state index is 10.1. The van der Waals surface area contributed by atoms with Gasteiger partial charge in [0.1, 0.15) is 5.92 Å². The highest BCUT2D eigenvalue weighted by Gasteiger charge is 2.21. The second-order valence-corrected chi connectivity index (χ2v) is 1.75. The summed E-state index contributed by atoms with van der Waals surface area (Å²) in [6.07, 6.45) is -1.56. The first-order valence-corrected chi connectivity index (χ1v) is 2.59. The Hall–Kier alpha value is -1.10. The third kappa shape index (κ3) is 2.45. The minimum absolute atomic E-state index is 0.00407. The van der Waals surface area contributed by atoms with E-state index in [-0.39, 0.29) is 6.47 Å². The zero-order valence-corrected chi connectivity index (χ0v) is 5.35. The van der Waals surface area contributed by atoms with Gasteiger partial charge in [-0.3, -0.25) is 9.59 Å². The van der Waals surface area contributed by atoms with Crippen molar-refractivity contribution in [2.24, 2.45) is 5.92 Å². The van der Waals surface area contributed by atoms with Crippen LogP contribution in [0.1, 0.15) is 6.92 Å². The van der Waals surface area contributed by atoms with Crippen LogP contribution in [0.25, 0.3) is 0 Å². The van der Waals surface area contributed by atoms with Gasteiger partial charge in [-0.25, -0.2) is 0 Å². The minimum atomic E-state index is -1.56. The number of carbonyl (C=O) groups excluding carboxylic acids is 1. The number of hydrogen-bond donors (Lipinski definition) is 2. The molecule has 5 nitrogen and oxygen atoms in total. The van der Waals surface area contributed by atoms with E-state index >= 15 is 0 Å². The highest BCUT2D eigenvalue weighted by Crippen LogP contribution is 2.02. The van der Waals surface area contributed by atoms with Crippen molar-refractivity contribution < 1.29 is 24.5 Å². The Morgan fingerprint density at radius 1 is 1.70 bits per heavy atom. The van der Waals surface area contributed by atoms with Crippen LogP contribution in [0.3, 0.4) is 0 Å². The second kappa shape index (κ2) is 3.84. The summed E-state index contributed by atoms with van der Waals surface area (Å²) >= 11 is 0. The van der Waals surface area contributed by atoms with Crippen molar-refractivity contribution in [1.29, 1.82) is 0 Å². The first kappa shape index (κ1) is 8.90. The molecule has 0 aromatic carbocycles. The van der Waals surface area contributed by atoms with Gasteiger partial charge in [-0.15, -0.1) is 0 Å². The molecule has 0 fully saturated rings. The van der Waals surface area contributed by atoms with Crippen LogP contribution in [-0.2, 0) is 14.3 Å². The molecule has 0 rings (SSSR count). The lowest BCUT2D eigenvalue weighted by molar-refractivity contribution is -0.171. The van der Waals surface area contributed by atoms with Crippen molar-refractivity contribution in [3.8, 4) is 0 Å². The molecule has 0 aromatic rings. The Morgan fingerprint density at radius 2 is 2.20 bits per heavy atom. The summed E-state index contributed by atoms with van der Waals surface area (Å²) in [6, 6.07) is 0. The van der Waals surface area contributed by atoms with Crippen LogP contribution in [0.4, 0.5) is 0 Å². The summed E-state index contributed by atoms with van der Waals surface area (Å²) in [5.41, 5.74) is 0. The van der Waals surface area contributed by atoms with Crippen LogP contribution in [0.5, 0.6) is 0 Å². The Balaban J connectivity index is 3.80. The van der Waals surface area contributed by atoms with Crippen LogP contribution in [-0.4, -0.2) is 28.9 Å². The summed E-state index contributed by atoms with van der Waals surface area (Å²) in [6.45, 7) is 1.24. The molecule has 2 atom stereocenters. The molecule has 10 heavy (non-hydrogen) atoms. The monoisotopic (exact) mass is 148 g/mol. The van der Waals surface area contributed by atoms with Gasteiger partial charge in [0.05, 0.1) is 0 Å². The summed E-state index contributed by atoms with van der Waals surface area (Å²) < 4.78 is 3.96. The van der Waals surface area contributed by atoms with Crippen molar-refractivity contribution in [3.63, 3.8) is 0 Å². The number of carboxylic acids is 1. The predicted octanol–water partition coefficient (Wildman–Crippen LogP) is -0.802. The Labute approximate surface area is 57.2 Å². The van der Waals surface area contributed by atoms with Crippen molar-refractivity contribution in [2.75, 3.05) is 0 Å². The van der Waals surface area contributed by atoms with Crippen LogP contribution in [0.15, 0.2) is 0 Å². The van der Waals surface area contributed by atoms with Gasteiger partial charge in [0.2, 0.25) is 6.29 Å². The third-order valence-corrected chi connectivity index (χ3v) is 1.01. The molecule has 0 saturated heterocycles. The number of hydrogen-bond acceptors (Lipinski definition) is 4.